The van der Waals surface area contributed by atoms with Gasteiger partial charge in [-0.3, -0.25) is 0 Å². The summed E-state index contributed by atoms with van der Waals surface area (Å²) in [6.45, 7) is 7.00. The van der Waals surface area contributed by atoms with Crippen molar-refractivity contribution in [2.45, 2.75) is 38.8 Å². The molecule has 92 valence electrons. The Bertz CT molecular complexity index is 468. The van der Waals surface area contributed by atoms with Crippen molar-refractivity contribution in [2.75, 3.05) is 6.61 Å². The second-order valence-electron chi connectivity index (χ2n) is 5.82. The first-order valence-electron chi connectivity index (χ1n) is 6.21. The van der Waals surface area contributed by atoms with Crippen LogP contribution in [0.3, 0.4) is 0 Å². The van der Waals surface area contributed by atoms with Crippen molar-refractivity contribution in [3.63, 3.8) is 0 Å². The minimum absolute atomic E-state index is 0.0522. The summed E-state index contributed by atoms with van der Waals surface area (Å²) in [5, 5.41) is 0. The highest BCUT2D eigenvalue weighted by atomic mass is 16.5. The van der Waals surface area contributed by atoms with Gasteiger partial charge in [-0.15, -0.1) is 0 Å². The first kappa shape index (κ1) is 10.9. The number of benzene rings is 1. The molecule has 0 aliphatic carbocycles. The van der Waals surface area contributed by atoms with E-state index in [4.69, 9.17) is 15.2 Å². The zero-order valence-corrected chi connectivity index (χ0v) is 10.6. The van der Waals surface area contributed by atoms with Crippen LogP contribution in [0, 0.1) is 5.92 Å². The molecule has 0 spiro atoms. The molecular formula is C14H19NO2. The van der Waals surface area contributed by atoms with Crippen molar-refractivity contribution in [3.8, 4) is 11.5 Å². The highest BCUT2D eigenvalue weighted by Gasteiger charge is 2.36. The van der Waals surface area contributed by atoms with E-state index in [1.165, 1.54) is 5.56 Å². The number of hydrogen-bond donors (Lipinski definition) is 1. The molecule has 2 N–H and O–H groups in total. The zero-order chi connectivity index (χ0) is 12.2. The van der Waals surface area contributed by atoms with E-state index in [-0.39, 0.29) is 11.6 Å². The standard InChI is InChI=1S/C14H19NO2/c1-8-7-16-13-10(11(8)15)5-4-9-6-14(2,3)17-12(9)13/h4-5,8,11H,6-7,15H2,1-3H3. The highest BCUT2D eigenvalue weighted by Crippen LogP contribution is 2.47. The van der Waals surface area contributed by atoms with Crippen LogP contribution in [-0.2, 0) is 6.42 Å². The summed E-state index contributed by atoms with van der Waals surface area (Å²) in [6, 6.07) is 4.28. The van der Waals surface area contributed by atoms with Crippen molar-refractivity contribution in [1.29, 1.82) is 0 Å². The van der Waals surface area contributed by atoms with Crippen LogP contribution in [0.1, 0.15) is 37.9 Å². The van der Waals surface area contributed by atoms with Gasteiger partial charge in [-0.1, -0.05) is 19.1 Å². The normalized spacial score (nSPS) is 28.9. The monoisotopic (exact) mass is 233 g/mol. The van der Waals surface area contributed by atoms with E-state index in [1.807, 2.05) is 0 Å². The fourth-order valence-corrected chi connectivity index (χ4v) is 2.68. The molecule has 1 aromatic carbocycles. The molecule has 2 atom stereocenters. The van der Waals surface area contributed by atoms with Gasteiger partial charge in [0, 0.05) is 29.5 Å². The van der Waals surface area contributed by atoms with Gasteiger partial charge in [-0.05, 0) is 13.8 Å². The quantitative estimate of drug-likeness (QED) is 0.748. The number of nitrogens with two attached hydrogens (primary N) is 1. The summed E-state index contributed by atoms with van der Waals surface area (Å²) >= 11 is 0. The molecule has 17 heavy (non-hydrogen) atoms. The number of ether oxygens (including phenoxy) is 2. The lowest BCUT2D eigenvalue weighted by atomic mass is 9.91. The summed E-state index contributed by atoms with van der Waals surface area (Å²) in [7, 11) is 0. The summed E-state index contributed by atoms with van der Waals surface area (Å²) in [5.74, 6) is 2.14. The Morgan fingerprint density at radius 2 is 2.06 bits per heavy atom. The van der Waals surface area contributed by atoms with E-state index >= 15 is 0 Å². The lowest BCUT2D eigenvalue weighted by molar-refractivity contribution is 0.125. The molecule has 3 nitrogen and oxygen atoms in total. The number of rotatable bonds is 0. The molecule has 0 fully saturated rings. The van der Waals surface area contributed by atoms with Gasteiger partial charge in [0.2, 0.25) is 0 Å². The third kappa shape index (κ3) is 1.61. The Balaban J connectivity index is 2.09. The number of fused-ring (bicyclic) bond motifs is 3. The van der Waals surface area contributed by atoms with Crippen LogP contribution >= 0.6 is 0 Å². The third-order valence-electron chi connectivity index (χ3n) is 3.68. The van der Waals surface area contributed by atoms with Crippen molar-refractivity contribution in [3.05, 3.63) is 23.3 Å². The van der Waals surface area contributed by atoms with Crippen LogP contribution in [0.2, 0.25) is 0 Å². The predicted octanol–water partition coefficient (Wildman–Crippen LogP) is 2.43. The second-order valence-corrected chi connectivity index (χ2v) is 5.82. The van der Waals surface area contributed by atoms with Crippen molar-refractivity contribution in [2.24, 2.45) is 11.7 Å². The molecule has 1 aromatic rings. The summed E-state index contributed by atoms with van der Waals surface area (Å²) in [4.78, 5) is 0. The molecule has 2 heterocycles. The summed E-state index contributed by atoms with van der Waals surface area (Å²) in [6.07, 6.45) is 0.934. The predicted molar refractivity (Wildman–Crippen MR) is 66.4 cm³/mol. The first-order chi connectivity index (χ1) is 7.98. The van der Waals surface area contributed by atoms with E-state index in [0.29, 0.717) is 12.5 Å². The van der Waals surface area contributed by atoms with Gasteiger partial charge in [-0.2, -0.15) is 0 Å². The van der Waals surface area contributed by atoms with Crippen LogP contribution in [-0.4, -0.2) is 12.2 Å². The van der Waals surface area contributed by atoms with Gasteiger partial charge in [-0.25, -0.2) is 0 Å². The lowest BCUT2D eigenvalue weighted by Gasteiger charge is -2.30. The van der Waals surface area contributed by atoms with Gasteiger partial charge < -0.3 is 15.2 Å². The SMILES string of the molecule is CC1COc2c(ccc3c2OC(C)(C)C3)C1N. The molecule has 0 saturated carbocycles. The Morgan fingerprint density at radius 1 is 1.29 bits per heavy atom. The smallest absolute Gasteiger partial charge is 0.166 e. The maximum absolute atomic E-state index is 6.22. The largest absolute Gasteiger partial charge is 0.489 e. The maximum atomic E-state index is 6.22. The molecular weight excluding hydrogens is 214 g/mol. The van der Waals surface area contributed by atoms with Crippen LogP contribution < -0.4 is 15.2 Å². The topological polar surface area (TPSA) is 44.5 Å². The minimum atomic E-state index is -0.131. The van der Waals surface area contributed by atoms with Gasteiger partial charge >= 0.3 is 0 Å². The molecule has 2 aliphatic heterocycles. The first-order valence-corrected chi connectivity index (χ1v) is 6.21. The Labute approximate surface area is 102 Å². The van der Waals surface area contributed by atoms with Crippen LogP contribution in [0.5, 0.6) is 11.5 Å². The highest BCUT2D eigenvalue weighted by molar-refractivity contribution is 5.56. The van der Waals surface area contributed by atoms with E-state index in [9.17, 15) is 0 Å². The molecule has 3 rings (SSSR count). The maximum Gasteiger partial charge on any atom is 0.166 e. The van der Waals surface area contributed by atoms with E-state index in [0.717, 1.165) is 23.5 Å². The van der Waals surface area contributed by atoms with E-state index in [2.05, 4.69) is 32.9 Å². The fraction of sp³-hybridized carbons (Fsp3) is 0.571. The molecule has 0 aromatic heterocycles. The van der Waals surface area contributed by atoms with Crippen molar-refractivity contribution in [1.82, 2.24) is 0 Å². The van der Waals surface area contributed by atoms with E-state index < -0.39 is 0 Å². The van der Waals surface area contributed by atoms with Crippen LogP contribution in [0.15, 0.2) is 12.1 Å². The average Bonchev–Trinajstić information content (AvgIpc) is 2.57. The molecule has 2 unspecified atom stereocenters. The van der Waals surface area contributed by atoms with E-state index in [1.54, 1.807) is 0 Å². The molecule has 0 saturated heterocycles. The van der Waals surface area contributed by atoms with Crippen LogP contribution in [0.25, 0.3) is 0 Å². The minimum Gasteiger partial charge on any atom is -0.489 e. The molecule has 0 radical (unpaired) electrons. The average molecular weight is 233 g/mol. The summed E-state index contributed by atoms with van der Waals surface area (Å²) < 4.78 is 11.8. The molecule has 0 bridgehead atoms. The van der Waals surface area contributed by atoms with Crippen molar-refractivity contribution >= 4 is 0 Å². The Kier molecular flexibility index (Phi) is 2.17. The Hall–Kier alpha value is -1.22. The number of hydrogen-bond acceptors (Lipinski definition) is 3. The molecule has 0 amide bonds. The molecule has 3 heteroatoms. The fourth-order valence-electron chi connectivity index (χ4n) is 2.68. The van der Waals surface area contributed by atoms with Gasteiger partial charge in [0.05, 0.1) is 6.61 Å². The van der Waals surface area contributed by atoms with Crippen LogP contribution in [0.4, 0.5) is 0 Å². The zero-order valence-electron chi connectivity index (χ0n) is 10.6. The Morgan fingerprint density at radius 3 is 2.82 bits per heavy atom. The third-order valence-corrected chi connectivity index (χ3v) is 3.68. The molecule has 2 aliphatic rings. The van der Waals surface area contributed by atoms with Crippen molar-refractivity contribution < 1.29 is 9.47 Å². The summed E-state index contributed by atoms with van der Waals surface area (Å²) in [5.41, 5.74) is 8.40. The lowest BCUT2D eigenvalue weighted by Crippen LogP contribution is -2.30. The second kappa shape index (κ2) is 3.39. The van der Waals surface area contributed by atoms with Gasteiger partial charge in [0.15, 0.2) is 11.5 Å². The van der Waals surface area contributed by atoms with Gasteiger partial charge in [0.25, 0.3) is 0 Å². The van der Waals surface area contributed by atoms with Gasteiger partial charge in [0.1, 0.15) is 5.60 Å².